The summed E-state index contributed by atoms with van der Waals surface area (Å²) in [6, 6.07) is 7.37. The predicted octanol–water partition coefficient (Wildman–Crippen LogP) is 2.34. The van der Waals surface area contributed by atoms with Gasteiger partial charge in [-0.2, -0.15) is 0 Å². The number of anilines is 1. The van der Waals surface area contributed by atoms with Crippen LogP contribution in [-0.2, 0) is 6.54 Å². The SMILES string of the molecule is Cc1cnc(C(=O)NCc2cccc(NC(=O)N3CCCC3)c2)cn1. The van der Waals surface area contributed by atoms with Gasteiger partial charge in [-0.1, -0.05) is 12.1 Å². The van der Waals surface area contributed by atoms with Crippen LogP contribution in [0.15, 0.2) is 36.7 Å². The number of amides is 3. The quantitative estimate of drug-likeness (QED) is 0.895. The Labute approximate surface area is 146 Å². The molecular formula is C18H21N5O2. The van der Waals surface area contributed by atoms with Gasteiger partial charge in [0.1, 0.15) is 5.69 Å². The third kappa shape index (κ3) is 4.53. The lowest BCUT2D eigenvalue weighted by Crippen LogP contribution is -2.32. The summed E-state index contributed by atoms with van der Waals surface area (Å²) in [7, 11) is 0. The first-order valence-corrected chi connectivity index (χ1v) is 8.33. The van der Waals surface area contributed by atoms with Crippen LogP contribution in [0.4, 0.5) is 10.5 Å². The number of urea groups is 1. The topological polar surface area (TPSA) is 87.2 Å². The van der Waals surface area contributed by atoms with E-state index in [4.69, 9.17) is 0 Å². The van der Waals surface area contributed by atoms with Crippen molar-refractivity contribution in [3.05, 3.63) is 53.6 Å². The van der Waals surface area contributed by atoms with Crippen LogP contribution >= 0.6 is 0 Å². The minimum absolute atomic E-state index is 0.0754. The Kier molecular flexibility index (Phi) is 5.23. The van der Waals surface area contributed by atoms with Crippen LogP contribution in [0.2, 0.25) is 0 Å². The first-order chi connectivity index (χ1) is 12.1. The van der Waals surface area contributed by atoms with Gasteiger partial charge in [0.2, 0.25) is 0 Å². The van der Waals surface area contributed by atoms with Crippen molar-refractivity contribution < 1.29 is 9.59 Å². The van der Waals surface area contributed by atoms with Crippen molar-refractivity contribution in [1.29, 1.82) is 0 Å². The van der Waals surface area contributed by atoms with Gasteiger partial charge < -0.3 is 15.5 Å². The summed E-state index contributed by atoms with van der Waals surface area (Å²) in [4.78, 5) is 34.1. The minimum atomic E-state index is -0.279. The molecular weight excluding hydrogens is 318 g/mol. The molecule has 1 aromatic carbocycles. The van der Waals surface area contributed by atoms with Gasteiger partial charge in [0.15, 0.2) is 0 Å². The molecule has 1 fully saturated rings. The van der Waals surface area contributed by atoms with E-state index in [1.165, 1.54) is 6.20 Å². The minimum Gasteiger partial charge on any atom is -0.347 e. The van der Waals surface area contributed by atoms with E-state index in [0.29, 0.717) is 6.54 Å². The molecule has 0 radical (unpaired) electrons. The maximum atomic E-state index is 12.1. The third-order valence-corrected chi connectivity index (χ3v) is 4.04. The second-order valence-electron chi connectivity index (χ2n) is 6.05. The number of nitrogens with zero attached hydrogens (tertiary/aromatic N) is 3. The Balaban J connectivity index is 1.56. The average Bonchev–Trinajstić information content (AvgIpc) is 3.15. The van der Waals surface area contributed by atoms with Crippen molar-refractivity contribution in [2.45, 2.75) is 26.3 Å². The number of rotatable bonds is 4. The first kappa shape index (κ1) is 16.9. The molecule has 1 aromatic heterocycles. The third-order valence-electron chi connectivity index (χ3n) is 4.04. The van der Waals surface area contributed by atoms with Crippen LogP contribution in [0.25, 0.3) is 0 Å². The molecule has 2 N–H and O–H groups in total. The molecule has 0 atom stereocenters. The molecule has 0 aliphatic carbocycles. The maximum absolute atomic E-state index is 12.1. The van der Waals surface area contributed by atoms with Gasteiger partial charge in [-0.25, -0.2) is 9.78 Å². The number of carbonyl (C=O) groups is 2. The number of hydrogen-bond acceptors (Lipinski definition) is 4. The highest BCUT2D eigenvalue weighted by atomic mass is 16.2. The van der Waals surface area contributed by atoms with E-state index in [-0.39, 0.29) is 17.6 Å². The Morgan fingerprint density at radius 2 is 1.96 bits per heavy atom. The fraction of sp³-hybridized carbons (Fsp3) is 0.333. The van der Waals surface area contributed by atoms with Gasteiger partial charge in [0.05, 0.1) is 11.9 Å². The molecule has 1 aliphatic heterocycles. The van der Waals surface area contributed by atoms with Crippen molar-refractivity contribution in [1.82, 2.24) is 20.2 Å². The molecule has 0 saturated carbocycles. The molecule has 0 unspecified atom stereocenters. The number of hydrogen-bond donors (Lipinski definition) is 2. The number of carbonyl (C=O) groups excluding carboxylic acids is 2. The predicted molar refractivity (Wildman–Crippen MR) is 94.2 cm³/mol. The Morgan fingerprint density at radius 3 is 2.68 bits per heavy atom. The standard InChI is InChI=1S/C18H21N5O2/c1-13-10-20-16(12-19-13)17(24)21-11-14-5-4-6-15(9-14)22-18(25)23-7-2-3-8-23/h4-6,9-10,12H,2-3,7-8,11H2,1H3,(H,21,24)(H,22,25). The van der Waals surface area contributed by atoms with Crippen molar-refractivity contribution >= 4 is 17.6 Å². The zero-order valence-electron chi connectivity index (χ0n) is 14.2. The lowest BCUT2D eigenvalue weighted by Gasteiger charge is -2.16. The summed E-state index contributed by atoms with van der Waals surface area (Å²) >= 11 is 0. The Morgan fingerprint density at radius 1 is 1.16 bits per heavy atom. The lowest BCUT2D eigenvalue weighted by atomic mass is 10.2. The van der Waals surface area contributed by atoms with E-state index >= 15 is 0 Å². The molecule has 7 nitrogen and oxygen atoms in total. The maximum Gasteiger partial charge on any atom is 0.321 e. The fourth-order valence-electron chi connectivity index (χ4n) is 2.66. The number of benzene rings is 1. The number of nitrogens with one attached hydrogen (secondary N) is 2. The van der Waals surface area contributed by atoms with E-state index in [1.54, 1.807) is 6.20 Å². The largest absolute Gasteiger partial charge is 0.347 e. The zero-order chi connectivity index (χ0) is 17.6. The summed E-state index contributed by atoms with van der Waals surface area (Å²) in [5.41, 5.74) is 2.66. The van der Waals surface area contributed by atoms with E-state index in [2.05, 4.69) is 20.6 Å². The molecule has 0 spiro atoms. The smallest absolute Gasteiger partial charge is 0.321 e. The van der Waals surface area contributed by atoms with Crippen molar-refractivity contribution in [3.8, 4) is 0 Å². The van der Waals surface area contributed by atoms with Crippen LogP contribution in [0, 0.1) is 6.92 Å². The Hall–Kier alpha value is -2.96. The van der Waals surface area contributed by atoms with Crippen LogP contribution in [-0.4, -0.2) is 39.9 Å². The van der Waals surface area contributed by atoms with Gasteiger partial charge in [-0.15, -0.1) is 0 Å². The van der Waals surface area contributed by atoms with Gasteiger partial charge in [0, 0.05) is 31.5 Å². The zero-order valence-corrected chi connectivity index (χ0v) is 14.2. The molecule has 1 saturated heterocycles. The summed E-state index contributed by atoms with van der Waals surface area (Å²) in [6.45, 7) is 3.77. The average molecular weight is 339 g/mol. The van der Waals surface area contributed by atoms with Gasteiger partial charge in [-0.05, 0) is 37.5 Å². The molecule has 3 amide bonds. The molecule has 2 aromatic rings. The van der Waals surface area contributed by atoms with E-state index in [9.17, 15) is 9.59 Å². The summed E-state index contributed by atoms with van der Waals surface area (Å²) in [5.74, 6) is -0.279. The highest BCUT2D eigenvalue weighted by molar-refractivity contribution is 5.92. The number of aryl methyl sites for hydroxylation is 1. The second-order valence-corrected chi connectivity index (χ2v) is 6.05. The van der Waals surface area contributed by atoms with Gasteiger partial charge in [0.25, 0.3) is 5.91 Å². The van der Waals surface area contributed by atoms with Gasteiger partial charge in [-0.3, -0.25) is 9.78 Å². The van der Waals surface area contributed by atoms with E-state index in [1.807, 2.05) is 36.1 Å². The molecule has 1 aliphatic rings. The molecule has 2 heterocycles. The summed E-state index contributed by atoms with van der Waals surface area (Å²) in [6.07, 6.45) is 5.13. The van der Waals surface area contributed by atoms with E-state index in [0.717, 1.165) is 42.9 Å². The van der Waals surface area contributed by atoms with Gasteiger partial charge >= 0.3 is 6.03 Å². The number of aromatic nitrogens is 2. The summed E-state index contributed by atoms with van der Waals surface area (Å²) in [5, 5.41) is 5.71. The van der Waals surface area contributed by atoms with Crippen LogP contribution in [0.5, 0.6) is 0 Å². The molecule has 3 rings (SSSR count). The lowest BCUT2D eigenvalue weighted by molar-refractivity contribution is 0.0945. The van der Waals surface area contributed by atoms with Crippen molar-refractivity contribution in [3.63, 3.8) is 0 Å². The van der Waals surface area contributed by atoms with Crippen LogP contribution in [0.1, 0.15) is 34.6 Å². The number of likely N-dealkylation sites (tertiary alicyclic amines) is 1. The molecule has 0 bridgehead atoms. The second kappa shape index (κ2) is 7.74. The first-order valence-electron chi connectivity index (χ1n) is 8.33. The fourth-order valence-corrected chi connectivity index (χ4v) is 2.66. The highest BCUT2D eigenvalue weighted by Gasteiger charge is 2.17. The monoisotopic (exact) mass is 339 g/mol. The Bertz CT molecular complexity index is 754. The van der Waals surface area contributed by atoms with Crippen molar-refractivity contribution in [2.75, 3.05) is 18.4 Å². The molecule has 25 heavy (non-hydrogen) atoms. The van der Waals surface area contributed by atoms with Crippen molar-refractivity contribution in [2.24, 2.45) is 0 Å². The normalized spacial score (nSPS) is 13.6. The van der Waals surface area contributed by atoms with E-state index < -0.39 is 0 Å². The molecule has 7 heteroatoms. The molecule has 130 valence electrons. The van der Waals surface area contributed by atoms with Crippen LogP contribution < -0.4 is 10.6 Å². The van der Waals surface area contributed by atoms with Crippen LogP contribution in [0.3, 0.4) is 0 Å². The highest BCUT2D eigenvalue weighted by Crippen LogP contribution is 2.14. The summed E-state index contributed by atoms with van der Waals surface area (Å²) < 4.78 is 0.